The lowest BCUT2D eigenvalue weighted by Crippen LogP contribution is -2.28. The van der Waals surface area contributed by atoms with E-state index < -0.39 is 0 Å². The van der Waals surface area contributed by atoms with Crippen LogP contribution in [0.15, 0.2) is 53.3 Å². The van der Waals surface area contributed by atoms with Gasteiger partial charge in [-0.1, -0.05) is 36.4 Å². The van der Waals surface area contributed by atoms with Gasteiger partial charge in [0.05, 0.1) is 0 Å². The molecule has 2 atom stereocenters. The lowest BCUT2D eigenvalue weighted by Gasteiger charge is -2.41. The fourth-order valence-electron chi connectivity index (χ4n) is 4.06. The summed E-state index contributed by atoms with van der Waals surface area (Å²) in [5.74, 6) is 1.89. The highest BCUT2D eigenvalue weighted by Gasteiger charge is 2.37. The van der Waals surface area contributed by atoms with E-state index in [9.17, 15) is 0 Å². The molecule has 1 heterocycles. The maximum atomic E-state index is 6.48. The molecule has 104 valence electrons. The zero-order valence-electron chi connectivity index (χ0n) is 12.0. The molecule has 4 rings (SSSR count). The second-order valence-electron chi connectivity index (χ2n) is 6.25. The van der Waals surface area contributed by atoms with Crippen LogP contribution in [0.25, 0.3) is 0 Å². The number of fused-ring (bicyclic) bond motifs is 2. The summed E-state index contributed by atoms with van der Waals surface area (Å²) in [6.45, 7) is 0. The molecule has 0 saturated heterocycles. The Hall–Kier alpha value is -1.50. The van der Waals surface area contributed by atoms with Gasteiger partial charge in [-0.15, -0.1) is 0 Å². The Balaban J connectivity index is 1.77. The molecule has 0 spiro atoms. The summed E-state index contributed by atoms with van der Waals surface area (Å²) in [5.41, 5.74) is 4.54. The molecule has 20 heavy (non-hydrogen) atoms. The van der Waals surface area contributed by atoms with E-state index in [1.54, 1.807) is 11.1 Å². The monoisotopic (exact) mass is 266 g/mol. The van der Waals surface area contributed by atoms with Crippen molar-refractivity contribution in [2.45, 2.75) is 51.0 Å². The first-order chi connectivity index (χ1) is 9.93. The molecule has 0 N–H and O–H groups in total. The maximum Gasteiger partial charge on any atom is 0.130 e. The van der Waals surface area contributed by atoms with Crippen LogP contribution in [0.5, 0.6) is 0 Å². The zero-order valence-corrected chi connectivity index (χ0v) is 12.0. The van der Waals surface area contributed by atoms with E-state index >= 15 is 0 Å². The molecule has 1 heteroatoms. The van der Waals surface area contributed by atoms with Gasteiger partial charge in [-0.05, 0) is 55.2 Å². The van der Waals surface area contributed by atoms with Crippen molar-refractivity contribution < 1.29 is 4.74 Å². The fourth-order valence-corrected chi connectivity index (χ4v) is 4.06. The van der Waals surface area contributed by atoms with Crippen molar-refractivity contribution >= 4 is 0 Å². The summed E-state index contributed by atoms with van der Waals surface area (Å²) in [6, 6.07) is 10.8. The third-order valence-corrected chi connectivity index (χ3v) is 5.01. The van der Waals surface area contributed by atoms with Gasteiger partial charge in [-0.2, -0.15) is 0 Å². The summed E-state index contributed by atoms with van der Waals surface area (Å²) in [4.78, 5) is 0. The largest absolute Gasteiger partial charge is 0.489 e. The second-order valence-corrected chi connectivity index (χ2v) is 6.25. The molecule has 1 aromatic carbocycles. The van der Waals surface area contributed by atoms with Crippen molar-refractivity contribution in [2.75, 3.05) is 0 Å². The van der Waals surface area contributed by atoms with Crippen molar-refractivity contribution in [3.63, 3.8) is 0 Å². The predicted molar refractivity (Wildman–Crippen MR) is 81.2 cm³/mol. The van der Waals surface area contributed by atoms with Gasteiger partial charge in [0.1, 0.15) is 11.9 Å². The van der Waals surface area contributed by atoms with Gasteiger partial charge in [0.25, 0.3) is 0 Å². The third kappa shape index (κ3) is 2.00. The standard InChI is InChI=1S/C19H22O/c1-2-8-14(9-3-1)19-17-12-5-4-10-15(17)16-11-6-7-13-18(16)20-19/h1-3,8-10,17,19H,4-7,11-13H2/t17-,19+/m0/s1. The number of hydrogen-bond donors (Lipinski definition) is 0. The van der Waals surface area contributed by atoms with Crippen molar-refractivity contribution in [3.05, 3.63) is 58.9 Å². The van der Waals surface area contributed by atoms with Crippen molar-refractivity contribution in [2.24, 2.45) is 5.92 Å². The van der Waals surface area contributed by atoms with E-state index in [2.05, 4.69) is 36.4 Å². The SMILES string of the molecule is C1=C2C3=C(CCCC3)O[C@H](c3ccccc3)[C@H]2CCC1. The lowest BCUT2D eigenvalue weighted by atomic mass is 9.73. The van der Waals surface area contributed by atoms with E-state index in [0.717, 1.165) is 6.42 Å². The van der Waals surface area contributed by atoms with Gasteiger partial charge in [-0.3, -0.25) is 0 Å². The van der Waals surface area contributed by atoms with Gasteiger partial charge in [-0.25, -0.2) is 0 Å². The van der Waals surface area contributed by atoms with Crippen LogP contribution in [0.2, 0.25) is 0 Å². The van der Waals surface area contributed by atoms with Crippen LogP contribution in [0.3, 0.4) is 0 Å². The third-order valence-electron chi connectivity index (χ3n) is 5.01. The Morgan fingerprint density at radius 1 is 0.950 bits per heavy atom. The Kier molecular flexibility index (Phi) is 3.14. The predicted octanol–water partition coefficient (Wildman–Crippen LogP) is 5.31. The average molecular weight is 266 g/mol. The van der Waals surface area contributed by atoms with Gasteiger partial charge >= 0.3 is 0 Å². The Labute approximate surface area is 121 Å². The first-order valence-corrected chi connectivity index (χ1v) is 8.07. The van der Waals surface area contributed by atoms with Gasteiger partial charge in [0.15, 0.2) is 0 Å². The Bertz CT molecular complexity index is 552. The van der Waals surface area contributed by atoms with Crippen LogP contribution in [0, 0.1) is 5.92 Å². The molecule has 2 aliphatic carbocycles. The van der Waals surface area contributed by atoms with Crippen LogP contribution in [0.4, 0.5) is 0 Å². The van der Waals surface area contributed by atoms with Crippen molar-refractivity contribution in [1.29, 1.82) is 0 Å². The van der Waals surface area contributed by atoms with E-state index in [0.29, 0.717) is 5.92 Å². The summed E-state index contributed by atoms with van der Waals surface area (Å²) in [5, 5.41) is 0. The molecule has 1 aliphatic heterocycles. The van der Waals surface area contributed by atoms with Gasteiger partial charge < -0.3 is 4.74 Å². The molecule has 0 bridgehead atoms. The molecule has 0 radical (unpaired) electrons. The minimum atomic E-state index is 0.250. The zero-order chi connectivity index (χ0) is 13.4. The number of ether oxygens (including phenoxy) is 1. The molecule has 3 aliphatic rings. The summed E-state index contributed by atoms with van der Waals surface area (Å²) >= 11 is 0. The van der Waals surface area contributed by atoms with E-state index in [-0.39, 0.29) is 6.10 Å². The highest BCUT2D eigenvalue weighted by Crippen LogP contribution is 2.49. The summed E-state index contributed by atoms with van der Waals surface area (Å²) in [6.07, 6.45) is 11.6. The Morgan fingerprint density at radius 3 is 2.70 bits per heavy atom. The molecule has 0 fully saturated rings. The molecular formula is C19H22O. The van der Waals surface area contributed by atoms with E-state index in [1.165, 1.54) is 49.8 Å². The van der Waals surface area contributed by atoms with Crippen molar-refractivity contribution in [3.8, 4) is 0 Å². The second kappa shape index (κ2) is 5.12. The molecule has 1 nitrogen and oxygen atoms in total. The average Bonchev–Trinajstić information content (AvgIpc) is 2.55. The van der Waals surface area contributed by atoms with Crippen molar-refractivity contribution in [1.82, 2.24) is 0 Å². The summed E-state index contributed by atoms with van der Waals surface area (Å²) < 4.78 is 6.48. The molecule has 0 saturated carbocycles. The maximum absolute atomic E-state index is 6.48. The minimum Gasteiger partial charge on any atom is -0.489 e. The van der Waals surface area contributed by atoms with Crippen LogP contribution in [0.1, 0.15) is 56.6 Å². The van der Waals surface area contributed by atoms with Gasteiger partial charge in [0.2, 0.25) is 0 Å². The first-order valence-electron chi connectivity index (χ1n) is 8.07. The van der Waals surface area contributed by atoms with Crippen LogP contribution in [-0.4, -0.2) is 0 Å². The quantitative estimate of drug-likeness (QED) is 0.669. The topological polar surface area (TPSA) is 9.23 Å². The smallest absolute Gasteiger partial charge is 0.130 e. The minimum absolute atomic E-state index is 0.250. The van der Waals surface area contributed by atoms with Crippen LogP contribution in [-0.2, 0) is 4.74 Å². The van der Waals surface area contributed by atoms with E-state index in [4.69, 9.17) is 4.74 Å². The first kappa shape index (κ1) is 12.3. The molecule has 1 aromatic rings. The number of rotatable bonds is 1. The highest BCUT2D eigenvalue weighted by atomic mass is 16.5. The number of allylic oxidation sites excluding steroid dienone is 3. The van der Waals surface area contributed by atoms with Crippen LogP contribution < -0.4 is 0 Å². The molecule has 0 unspecified atom stereocenters. The lowest BCUT2D eigenvalue weighted by molar-refractivity contribution is 0.0464. The highest BCUT2D eigenvalue weighted by molar-refractivity contribution is 5.42. The molecule has 0 amide bonds. The molecule has 0 aromatic heterocycles. The number of hydrogen-bond acceptors (Lipinski definition) is 1. The Morgan fingerprint density at radius 2 is 1.80 bits per heavy atom. The van der Waals surface area contributed by atoms with Crippen LogP contribution >= 0.6 is 0 Å². The summed E-state index contributed by atoms with van der Waals surface area (Å²) in [7, 11) is 0. The fraction of sp³-hybridized carbons (Fsp3) is 0.474. The number of benzene rings is 1. The molecular weight excluding hydrogens is 244 g/mol. The normalized spacial score (nSPS) is 29.1. The van der Waals surface area contributed by atoms with E-state index in [1.807, 2.05) is 0 Å². The van der Waals surface area contributed by atoms with Gasteiger partial charge in [0, 0.05) is 12.3 Å².